The molecule has 0 bridgehead atoms. The normalized spacial score (nSPS) is 10.8. The average molecular weight is 320 g/mol. The second-order valence-electron chi connectivity index (χ2n) is 4.81. The smallest absolute Gasteiger partial charge is 0.135 e. The minimum atomic E-state index is 0.399. The maximum Gasteiger partial charge on any atom is 0.135 e. The quantitative estimate of drug-likeness (QED) is 0.925. The van der Waals surface area contributed by atoms with Crippen molar-refractivity contribution < 1.29 is 0 Å². The lowest BCUT2D eigenvalue weighted by Crippen LogP contribution is -2.05. The highest BCUT2D eigenvalue weighted by atomic mass is 79.9. The molecule has 0 fully saturated rings. The van der Waals surface area contributed by atoms with Gasteiger partial charge >= 0.3 is 0 Å². The third kappa shape index (κ3) is 3.77. The van der Waals surface area contributed by atoms with Crippen molar-refractivity contribution in [3.8, 4) is 0 Å². The van der Waals surface area contributed by atoms with Crippen molar-refractivity contribution in [3.63, 3.8) is 0 Å². The summed E-state index contributed by atoms with van der Waals surface area (Å²) in [5, 5.41) is 3.10. The first-order chi connectivity index (χ1) is 9.08. The number of hydrogen-bond acceptors (Lipinski definition) is 3. The summed E-state index contributed by atoms with van der Waals surface area (Å²) in [5.41, 5.74) is 2.28. The van der Waals surface area contributed by atoms with Crippen molar-refractivity contribution in [1.29, 1.82) is 0 Å². The monoisotopic (exact) mass is 319 g/mol. The van der Waals surface area contributed by atoms with Crippen molar-refractivity contribution in [3.05, 3.63) is 51.9 Å². The Hall–Kier alpha value is -1.42. The Balaban J connectivity index is 2.31. The number of halogens is 1. The Labute approximate surface area is 122 Å². The van der Waals surface area contributed by atoms with E-state index >= 15 is 0 Å². The van der Waals surface area contributed by atoms with E-state index < -0.39 is 0 Å². The van der Waals surface area contributed by atoms with E-state index in [0.717, 1.165) is 28.2 Å². The van der Waals surface area contributed by atoms with E-state index in [2.05, 4.69) is 57.2 Å². The molecule has 1 N–H and O–H groups in total. The van der Waals surface area contributed by atoms with Gasteiger partial charge in [0.1, 0.15) is 11.6 Å². The SMILES string of the molecule is CNc1cc(C(C)C)nc(Cc2cccc(Br)c2)n1. The molecule has 2 rings (SSSR count). The lowest BCUT2D eigenvalue weighted by molar-refractivity contribution is 0.793. The van der Waals surface area contributed by atoms with E-state index in [0.29, 0.717) is 5.92 Å². The number of anilines is 1. The van der Waals surface area contributed by atoms with Crippen LogP contribution in [0.2, 0.25) is 0 Å². The molecule has 0 aliphatic carbocycles. The Kier molecular flexibility index (Phi) is 4.53. The number of aromatic nitrogens is 2. The zero-order valence-corrected chi connectivity index (χ0v) is 13.0. The topological polar surface area (TPSA) is 37.8 Å². The van der Waals surface area contributed by atoms with Gasteiger partial charge in [-0.1, -0.05) is 41.9 Å². The molecule has 0 saturated carbocycles. The van der Waals surface area contributed by atoms with E-state index in [9.17, 15) is 0 Å². The van der Waals surface area contributed by atoms with Crippen LogP contribution in [0.4, 0.5) is 5.82 Å². The first-order valence-electron chi connectivity index (χ1n) is 6.38. The van der Waals surface area contributed by atoms with E-state index in [1.54, 1.807) is 0 Å². The summed E-state index contributed by atoms with van der Waals surface area (Å²) in [6.07, 6.45) is 0.745. The summed E-state index contributed by atoms with van der Waals surface area (Å²) < 4.78 is 1.08. The maximum atomic E-state index is 4.64. The molecular weight excluding hydrogens is 302 g/mol. The van der Waals surface area contributed by atoms with E-state index in [1.807, 2.05) is 25.2 Å². The highest BCUT2D eigenvalue weighted by Gasteiger charge is 2.08. The molecule has 1 aromatic heterocycles. The summed E-state index contributed by atoms with van der Waals surface area (Å²) in [5.74, 6) is 2.13. The predicted octanol–water partition coefficient (Wildman–Crippen LogP) is 4.00. The van der Waals surface area contributed by atoms with Crippen LogP contribution < -0.4 is 5.32 Å². The highest BCUT2D eigenvalue weighted by Crippen LogP contribution is 2.18. The van der Waals surface area contributed by atoms with Gasteiger partial charge in [-0.15, -0.1) is 0 Å². The van der Waals surface area contributed by atoms with Crippen LogP contribution >= 0.6 is 15.9 Å². The van der Waals surface area contributed by atoms with Gasteiger partial charge in [-0.05, 0) is 23.6 Å². The van der Waals surface area contributed by atoms with E-state index in [1.165, 1.54) is 5.56 Å². The molecule has 0 radical (unpaired) electrons. The Morgan fingerprint density at radius 1 is 1.21 bits per heavy atom. The molecule has 4 heteroatoms. The van der Waals surface area contributed by atoms with Gasteiger partial charge in [0.2, 0.25) is 0 Å². The number of rotatable bonds is 4. The van der Waals surface area contributed by atoms with Gasteiger partial charge in [-0.25, -0.2) is 9.97 Å². The van der Waals surface area contributed by atoms with Crippen molar-refractivity contribution in [2.75, 3.05) is 12.4 Å². The Morgan fingerprint density at radius 2 is 2.00 bits per heavy atom. The largest absolute Gasteiger partial charge is 0.373 e. The van der Waals surface area contributed by atoms with Crippen LogP contribution in [-0.2, 0) is 6.42 Å². The second kappa shape index (κ2) is 6.15. The highest BCUT2D eigenvalue weighted by molar-refractivity contribution is 9.10. The van der Waals surface area contributed by atoms with Crippen molar-refractivity contribution in [1.82, 2.24) is 9.97 Å². The molecule has 0 aliphatic heterocycles. The van der Waals surface area contributed by atoms with Crippen LogP contribution in [0.25, 0.3) is 0 Å². The van der Waals surface area contributed by atoms with Crippen LogP contribution in [0.1, 0.15) is 36.8 Å². The van der Waals surface area contributed by atoms with Crippen molar-refractivity contribution >= 4 is 21.7 Å². The summed E-state index contributed by atoms with van der Waals surface area (Å²) in [7, 11) is 1.88. The fourth-order valence-corrected chi connectivity index (χ4v) is 2.30. The predicted molar refractivity (Wildman–Crippen MR) is 82.6 cm³/mol. The van der Waals surface area contributed by atoms with Gasteiger partial charge < -0.3 is 5.32 Å². The number of nitrogens with one attached hydrogen (secondary N) is 1. The maximum absolute atomic E-state index is 4.64. The summed E-state index contributed by atoms with van der Waals surface area (Å²) >= 11 is 3.49. The first-order valence-corrected chi connectivity index (χ1v) is 7.18. The van der Waals surface area contributed by atoms with Gasteiger partial charge in [0.05, 0.1) is 0 Å². The summed E-state index contributed by atoms with van der Waals surface area (Å²) in [6, 6.07) is 10.3. The fourth-order valence-electron chi connectivity index (χ4n) is 1.85. The molecule has 1 aromatic carbocycles. The Bertz CT molecular complexity index is 567. The number of nitrogens with zero attached hydrogens (tertiary/aromatic N) is 2. The van der Waals surface area contributed by atoms with Crippen molar-refractivity contribution in [2.45, 2.75) is 26.2 Å². The summed E-state index contributed by atoms with van der Waals surface area (Å²) in [6.45, 7) is 4.29. The molecule has 1 heterocycles. The van der Waals surface area contributed by atoms with Gasteiger partial charge in [-0.2, -0.15) is 0 Å². The minimum absolute atomic E-state index is 0.399. The van der Waals surface area contributed by atoms with Crippen LogP contribution in [0.5, 0.6) is 0 Å². The van der Waals surface area contributed by atoms with Crippen LogP contribution in [0.3, 0.4) is 0 Å². The molecule has 3 nitrogen and oxygen atoms in total. The second-order valence-corrected chi connectivity index (χ2v) is 5.72. The number of hydrogen-bond donors (Lipinski definition) is 1. The standard InChI is InChI=1S/C15H18BrN3/c1-10(2)13-9-14(17-3)19-15(18-13)8-11-5-4-6-12(16)7-11/h4-7,9-10H,8H2,1-3H3,(H,17,18,19). The van der Waals surface area contributed by atoms with E-state index in [4.69, 9.17) is 0 Å². The van der Waals surface area contributed by atoms with Crippen LogP contribution in [-0.4, -0.2) is 17.0 Å². The van der Waals surface area contributed by atoms with Crippen LogP contribution in [0.15, 0.2) is 34.8 Å². The average Bonchev–Trinajstić information content (AvgIpc) is 2.38. The number of benzene rings is 1. The molecular formula is C15H18BrN3. The van der Waals surface area contributed by atoms with Gasteiger partial charge in [0.25, 0.3) is 0 Å². The molecule has 0 aliphatic rings. The van der Waals surface area contributed by atoms with Gasteiger partial charge in [0.15, 0.2) is 0 Å². The Morgan fingerprint density at radius 3 is 2.63 bits per heavy atom. The molecule has 2 aromatic rings. The molecule has 19 heavy (non-hydrogen) atoms. The lowest BCUT2D eigenvalue weighted by atomic mass is 10.1. The zero-order valence-electron chi connectivity index (χ0n) is 11.4. The third-order valence-electron chi connectivity index (χ3n) is 2.89. The van der Waals surface area contributed by atoms with Gasteiger partial charge in [0, 0.05) is 29.7 Å². The van der Waals surface area contributed by atoms with Gasteiger partial charge in [-0.3, -0.25) is 0 Å². The molecule has 0 saturated heterocycles. The molecule has 0 atom stereocenters. The lowest BCUT2D eigenvalue weighted by Gasteiger charge is -2.10. The minimum Gasteiger partial charge on any atom is -0.373 e. The molecule has 0 spiro atoms. The molecule has 0 unspecified atom stereocenters. The summed E-state index contributed by atoms with van der Waals surface area (Å²) in [4.78, 5) is 9.16. The third-order valence-corrected chi connectivity index (χ3v) is 3.38. The van der Waals surface area contributed by atoms with E-state index in [-0.39, 0.29) is 0 Å². The first kappa shape index (κ1) is 14.0. The fraction of sp³-hybridized carbons (Fsp3) is 0.333. The molecule has 0 amide bonds. The zero-order chi connectivity index (χ0) is 13.8. The molecule has 100 valence electrons. The van der Waals surface area contributed by atoms with Crippen molar-refractivity contribution in [2.24, 2.45) is 0 Å². The van der Waals surface area contributed by atoms with Crippen LogP contribution in [0, 0.1) is 0 Å².